The third-order valence-corrected chi connectivity index (χ3v) is 5.43. The van der Waals surface area contributed by atoms with Crippen molar-refractivity contribution >= 4 is 23.4 Å². The Kier molecular flexibility index (Phi) is 8.00. The number of ether oxygens (including phenoxy) is 3. The van der Waals surface area contributed by atoms with E-state index in [2.05, 4.69) is 0 Å². The normalized spacial score (nSPS) is 14.0. The van der Waals surface area contributed by atoms with Crippen LogP contribution in [0.3, 0.4) is 0 Å². The molecule has 8 heteroatoms. The van der Waals surface area contributed by atoms with Gasteiger partial charge in [-0.1, -0.05) is 17.7 Å². The number of rotatable bonds is 7. The number of hydrogen-bond acceptors (Lipinski definition) is 5. The monoisotopic (exact) mass is 446 g/mol. The first-order chi connectivity index (χ1) is 15.0. The lowest BCUT2D eigenvalue weighted by atomic mass is 10.1. The van der Waals surface area contributed by atoms with Crippen LogP contribution in [0.1, 0.15) is 12.0 Å². The molecule has 31 heavy (non-hydrogen) atoms. The fourth-order valence-electron chi connectivity index (χ4n) is 3.46. The van der Waals surface area contributed by atoms with Crippen molar-refractivity contribution in [3.8, 4) is 17.2 Å². The van der Waals surface area contributed by atoms with E-state index in [0.717, 1.165) is 12.0 Å². The zero-order valence-corrected chi connectivity index (χ0v) is 18.6. The smallest absolute Gasteiger partial charge is 0.260 e. The Hall–Kier alpha value is -2.93. The number of benzene rings is 2. The molecule has 0 bridgehead atoms. The second-order valence-electron chi connectivity index (χ2n) is 7.22. The third kappa shape index (κ3) is 6.28. The minimum atomic E-state index is -0.0934. The van der Waals surface area contributed by atoms with Crippen LogP contribution in [-0.4, -0.2) is 68.6 Å². The molecular formula is C23H27ClN2O5. The molecule has 0 saturated carbocycles. The fraction of sp³-hybridized carbons (Fsp3) is 0.391. The SMILES string of the molecule is COc1ccc(CC(=O)N2CCCN(C(=O)COc3ccc(Cl)cc3)CC2)cc1OC. The summed E-state index contributed by atoms with van der Waals surface area (Å²) >= 11 is 5.86. The van der Waals surface area contributed by atoms with E-state index >= 15 is 0 Å². The van der Waals surface area contributed by atoms with Gasteiger partial charge in [-0.25, -0.2) is 0 Å². The Balaban J connectivity index is 1.51. The van der Waals surface area contributed by atoms with Gasteiger partial charge in [0.2, 0.25) is 5.91 Å². The Morgan fingerprint density at radius 2 is 1.52 bits per heavy atom. The van der Waals surface area contributed by atoms with Crippen molar-refractivity contribution in [3.63, 3.8) is 0 Å². The van der Waals surface area contributed by atoms with Crippen molar-refractivity contribution in [1.29, 1.82) is 0 Å². The van der Waals surface area contributed by atoms with E-state index < -0.39 is 0 Å². The minimum Gasteiger partial charge on any atom is -0.493 e. The molecule has 1 aliphatic rings. The van der Waals surface area contributed by atoms with Gasteiger partial charge in [0.05, 0.1) is 20.6 Å². The fourth-order valence-corrected chi connectivity index (χ4v) is 3.59. The van der Waals surface area contributed by atoms with Gasteiger partial charge in [0, 0.05) is 31.2 Å². The van der Waals surface area contributed by atoms with Gasteiger partial charge < -0.3 is 24.0 Å². The van der Waals surface area contributed by atoms with Crippen LogP contribution in [0.5, 0.6) is 17.2 Å². The van der Waals surface area contributed by atoms with Crippen molar-refractivity contribution in [2.24, 2.45) is 0 Å². The maximum absolute atomic E-state index is 12.8. The van der Waals surface area contributed by atoms with Crippen LogP contribution < -0.4 is 14.2 Å². The molecule has 0 unspecified atom stereocenters. The lowest BCUT2D eigenvalue weighted by molar-refractivity contribution is -0.134. The lowest BCUT2D eigenvalue weighted by Crippen LogP contribution is -2.39. The van der Waals surface area contributed by atoms with E-state index in [4.69, 9.17) is 25.8 Å². The summed E-state index contributed by atoms with van der Waals surface area (Å²) in [6.45, 7) is 2.16. The summed E-state index contributed by atoms with van der Waals surface area (Å²) in [5, 5.41) is 0.615. The maximum Gasteiger partial charge on any atom is 0.260 e. The van der Waals surface area contributed by atoms with E-state index in [1.165, 1.54) is 0 Å². The topological polar surface area (TPSA) is 68.3 Å². The number of nitrogens with zero attached hydrogens (tertiary/aromatic N) is 2. The number of hydrogen-bond donors (Lipinski definition) is 0. The second-order valence-corrected chi connectivity index (χ2v) is 7.66. The number of amides is 2. The van der Waals surface area contributed by atoms with Crippen LogP contribution in [0, 0.1) is 0 Å². The Morgan fingerprint density at radius 3 is 2.16 bits per heavy atom. The molecule has 166 valence electrons. The molecule has 0 spiro atoms. The molecular weight excluding hydrogens is 420 g/mol. The molecule has 0 aliphatic carbocycles. The van der Waals surface area contributed by atoms with Crippen molar-refractivity contribution in [3.05, 3.63) is 53.1 Å². The molecule has 0 N–H and O–H groups in total. The van der Waals surface area contributed by atoms with Gasteiger partial charge in [-0.15, -0.1) is 0 Å². The van der Waals surface area contributed by atoms with Crippen LogP contribution >= 0.6 is 11.6 Å². The highest BCUT2D eigenvalue weighted by atomic mass is 35.5. The Bertz CT molecular complexity index is 903. The Morgan fingerprint density at radius 1 is 0.871 bits per heavy atom. The molecule has 1 heterocycles. The predicted octanol–water partition coefficient (Wildman–Crippen LogP) is 3.04. The molecule has 3 rings (SSSR count). The maximum atomic E-state index is 12.8. The lowest BCUT2D eigenvalue weighted by Gasteiger charge is -2.22. The van der Waals surface area contributed by atoms with Crippen molar-refractivity contribution in [2.75, 3.05) is 47.0 Å². The van der Waals surface area contributed by atoms with Gasteiger partial charge in [-0.05, 0) is 48.4 Å². The van der Waals surface area contributed by atoms with Crippen LogP contribution in [0.2, 0.25) is 5.02 Å². The van der Waals surface area contributed by atoms with E-state index in [1.54, 1.807) is 49.5 Å². The summed E-state index contributed by atoms with van der Waals surface area (Å²) in [6, 6.07) is 12.4. The van der Waals surface area contributed by atoms with Gasteiger partial charge in [-0.3, -0.25) is 9.59 Å². The minimum absolute atomic E-state index is 0.0268. The highest BCUT2D eigenvalue weighted by molar-refractivity contribution is 6.30. The molecule has 1 fully saturated rings. The third-order valence-electron chi connectivity index (χ3n) is 5.18. The highest BCUT2D eigenvalue weighted by Gasteiger charge is 2.22. The van der Waals surface area contributed by atoms with Crippen LogP contribution in [-0.2, 0) is 16.0 Å². The number of carbonyl (C=O) groups excluding carboxylic acids is 2. The molecule has 2 amide bonds. The molecule has 0 radical (unpaired) electrons. The first-order valence-electron chi connectivity index (χ1n) is 10.1. The molecule has 2 aromatic carbocycles. The largest absolute Gasteiger partial charge is 0.493 e. The Labute approximate surface area is 187 Å². The van der Waals surface area contributed by atoms with Gasteiger partial charge in [0.1, 0.15) is 5.75 Å². The summed E-state index contributed by atoms with van der Waals surface area (Å²) < 4.78 is 16.1. The first kappa shape index (κ1) is 22.7. The average Bonchev–Trinajstić information content (AvgIpc) is 3.05. The van der Waals surface area contributed by atoms with Gasteiger partial charge in [-0.2, -0.15) is 0 Å². The standard InChI is InChI=1S/C23H27ClN2O5/c1-29-20-9-4-17(14-21(20)30-2)15-22(27)25-10-3-11-26(13-12-25)23(28)16-31-19-7-5-18(24)6-8-19/h4-9,14H,3,10-13,15-16H2,1-2H3. The second kappa shape index (κ2) is 10.9. The molecule has 2 aromatic rings. The highest BCUT2D eigenvalue weighted by Crippen LogP contribution is 2.28. The number of halogens is 1. The van der Waals surface area contributed by atoms with Crippen LogP contribution in [0.4, 0.5) is 0 Å². The average molecular weight is 447 g/mol. The van der Waals surface area contributed by atoms with E-state index in [9.17, 15) is 9.59 Å². The zero-order chi connectivity index (χ0) is 22.2. The number of carbonyl (C=O) groups is 2. The summed E-state index contributed by atoms with van der Waals surface area (Å²) in [4.78, 5) is 28.9. The quantitative estimate of drug-likeness (QED) is 0.654. The summed E-state index contributed by atoms with van der Waals surface area (Å²) in [6.07, 6.45) is 0.998. The van der Waals surface area contributed by atoms with Gasteiger partial charge in [0.25, 0.3) is 5.91 Å². The van der Waals surface area contributed by atoms with Crippen molar-refractivity contribution in [1.82, 2.24) is 9.80 Å². The molecule has 1 saturated heterocycles. The zero-order valence-electron chi connectivity index (χ0n) is 17.8. The molecule has 1 aliphatic heterocycles. The van der Waals surface area contributed by atoms with Gasteiger partial charge >= 0.3 is 0 Å². The van der Waals surface area contributed by atoms with Gasteiger partial charge in [0.15, 0.2) is 18.1 Å². The van der Waals surface area contributed by atoms with Crippen molar-refractivity contribution < 1.29 is 23.8 Å². The van der Waals surface area contributed by atoms with E-state index in [0.29, 0.717) is 48.5 Å². The number of methoxy groups -OCH3 is 2. The predicted molar refractivity (Wildman–Crippen MR) is 118 cm³/mol. The van der Waals surface area contributed by atoms with Crippen molar-refractivity contribution in [2.45, 2.75) is 12.8 Å². The molecule has 7 nitrogen and oxygen atoms in total. The molecule has 0 aromatic heterocycles. The summed E-state index contributed by atoms with van der Waals surface area (Å²) in [7, 11) is 3.15. The summed E-state index contributed by atoms with van der Waals surface area (Å²) in [5.74, 6) is 1.76. The van der Waals surface area contributed by atoms with Crippen LogP contribution in [0.25, 0.3) is 0 Å². The van der Waals surface area contributed by atoms with E-state index in [1.807, 2.05) is 17.0 Å². The van der Waals surface area contributed by atoms with Crippen LogP contribution in [0.15, 0.2) is 42.5 Å². The first-order valence-corrected chi connectivity index (χ1v) is 10.5. The molecule has 0 atom stereocenters. The van der Waals surface area contributed by atoms with E-state index in [-0.39, 0.29) is 24.8 Å². The summed E-state index contributed by atoms with van der Waals surface area (Å²) in [5.41, 5.74) is 0.858.